The number of hydrogen-bond acceptors (Lipinski definition) is 4. The molecule has 6 heteroatoms. The van der Waals surface area contributed by atoms with E-state index < -0.39 is 0 Å². The summed E-state index contributed by atoms with van der Waals surface area (Å²) in [5, 5.41) is 0. The van der Waals surface area contributed by atoms with Crippen molar-refractivity contribution < 1.29 is 14.3 Å². The lowest BCUT2D eigenvalue weighted by Crippen LogP contribution is -2.38. The molecule has 1 aromatic heterocycles. The second-order valence-electron chi connectivity index (χ2n) is 6.24. The number of carbonyl (C=O) groups is 1. The van der Waals surface area contributed by atoms with E-state index in [9.17, 15) is 4.79 Å². The van der Waals surface area contributed by atoms with Crippen molar-refractivity contribution in [3.8, 4) is 11.5 Å². The van der Waals surface area contributed by atoms with E-state index in [1.165, 1.54) is 0 Å². The molecule has 128 valence electrons. The summed E-state index contributed by atoms with van der Waals surface area (Å²) in [6, 6.07) is 9.60. The number of fused-ring (bicyclic) bond motifs is 1. The van der Waals surface area contributed by atoms with Crippen molar-refractivity contribution in [1.29, 1.82) is 0 Å². The van der Waals surface area contributed by atoms with Gasteiger partial charge in [-0.15, -0.1) is 0 Å². The van der Waals surface area contributed by atoms with Crippen LogP contribution >= 0.6 is 0 Å². The molecule has 24 heavy (non-hydrogen) atoms. The van der Waals surface area contributed by atoms with Crippen LogP contribution in [-0.2, 0) is 6.54 Å². The fourth-order valence-corrected chi connectivity index (χ4v) is 2.89. The van der Waals surface area contributed by atoms with Crippen LogP contribution in [0.25, 0.3) is 0 Å². The van der Waals surface area contributed by atoms with Gasteiger partial charge in [-0.1, -0.05) is 0 Å². The molecule has 0 spiro atoms. The van der Waals surface area contributed by atoms with E-state index in [-0.39, 0.29) is 12.0 Å². The molecular formula is C18H23N3O3. The van der Waals surface area contributed by atoms with E-state index in [1.54, 1.807) is 26.1 Å². The van der Waals surface area contributed by atoms with Crippen LogP contribution in [-0.4, -0.2) is 49.6 Å². The van der Waals surface area contributed by atoms with Gasteiger partial charge in [0.25, 0.3) is 5.91 Å². The van der Waals surface area contributed by atoms with Crippen LogP contribution in [0.15, 0.2) is 30.3 Å². The highest BCUT2D eigenvalue weighted by Gasteiger charge is 2.24. The maximum absolute atomic E-state index is 12.0. The molecule has 0 bridgehead atoms. The zero-order chi connectivity index (χ0) is 17.3. The maximum atomic E-state index is 12.0. The van der Waals surface area contributed by atoms with Gasteiger partial charge in [0.1, 0.15) is 23.3 Å². The van der Waals surface area contributed by atoms with Gasteiger partial charge in [0, 0.05) is 25.9 Å². The molecule has 0 aliphatic carbocycles. The van der Waals surface area contributed by atoms with Gasteiger partial charge < -0.3 is 24.3 Å². The number of carbonyl (C=O) groups excluding carboxylic acids is 1. The van der Waals surface area contributed by atoms with Gasteiger partial charge in [0.2, 0.25) is 0 Å². The molecule has 1 aromatic carbocycles. The van der Waals surface area contributed by atoms with Gasteiger partial charge in [-0.05, 0) is 31.2 Å². The van der Waals surface area contributed by atoms with Crippen LogP contribution in [0.5, 0.6) is 11.5 Å². The Labute approximate surface area is 142 Å². The lowest BCUT2D eigenvalue weighted by molar-refractivity contribution is 0.0822. The quantitative estimate of drug-likeness (QED) is 0.936. The lowest BCUT2D eigenvalue weighted by atomic mass is 10.2. The van der Waals surface area contributed by atoms with Gasteiger partial charge in [0.05, 0.1) is 25.9 Å². The van der Waals surface area contributed by atoms with E-state index in [0.29, 0.717) is 12.2 Å². The SMILES string of the molecule is COc1ccc2c(c1)N(Cc1ccc(C(=O)N(C)C)[nH]1)C[C@@H](C)O2. The lowest BCUT2D eigenvalue weighted by Gasteiger charge is -2.35. The number of rotatable bonds is 4. The van der Waals surface area contributed by atoms with Crippen LogP contribution in [0.2, 0.25) is 0 Å². The molecule has 6 nitrogen and oxygen atoms in total. The predicted octanol–water partition coefficient (Wildman–Crippen LogP) is 2.51. The number of anilines is 1. The van der Waals surface area contributed by atoms with Crippen molar-refractivity contribution in [2.45, 2.75) is 19.6 Å². The van der Waals surface area contributed by atoms with Crippen molar-refractivity contribution in [3.63, 3.8) is 0 Å². The summed E-state index contributed by atoms with van der Waals surface area (Å²) < 4.78 is 11.2. The summed E-state index contributed by atoms with van der Waals surface area (Å²) in [6.45, 7) is 3.50. The van der Waals surface area contributed by atoms with Gasteiger partial charge >= 0.3 is 0 Å². The second kappa shape index (κ2) is 6.47. The topological polar surface area (TPSA) is 57.8 Å². The summed E-state index contributed by atoms with van der Waals surface area (Å²) in [4.78, 5) is 19.0. The van der Waals surface area contributed by atoms with Gasteiger partial charge in [-0.2, -0.15) is 0 Å². The molecule has 2 heterocycles. The molecule has 1 aliphatic heterocycles. The Hall–Kier alpha value is -2.63. The van der Waals surface area contributed by atoms with E-state index in [0.717, 1.165) is 29.4 Å². The Bertz CT molecular complexity index is 739. The minimum Gasteiger partial charge on any atom is -0.497 e. The number of ether oxygens (including phenoxy) is 2. The van der Waals surface area contributed by atoms with Crippen molar-refractivity contribution >= 4 is 11.6 Å². The summed E-state index contributed by atoms with van der Waals surface area (Å²) in [6.07, 6.45) is 0.101. The number of hydrogen-bond donors (Lipinski definition) is 1. The Balaban J connectivity index is 1.84. The van der Waals surface area contributed by atoms with Crippen LogP contribution in [0.1, 0.15) is 23.1 Å². The average Bonchev–Trinajstić information content (AvgIpc) is 3.02. The second-order valence-corrected chi connectivity index (χ2v) is 6.24. The standard InChI is InChI=1S/C18H23N3O3/c1-12-10-21(16-9-14(23-4)6-8-17(16)24-12)11-13-5-7-15(19-13)18(22)20(2)3/h5-9,12,19H,10-11H2,1-4H3/t12-/m1/s1. The van der Waals surface area contributed by atoms with Gasteiger partial charge in [0.15, 0.2) is 0 Å². The highest BCUT2D eigenvalue weighted by Crippen LogP contribution is 2.37. The average molecular weight is 329 g/mol. The van der Waals surface area contributed by atoms with E-state index in [2.05, 4.69) is 16.8 Å². The van der Waals surface area contributed by atoms with Crippen LogP contribution in [0, 0.1) is 0 Å². The van der Waals surface area contributed by atoms with Crippen LogP contribution in [0.3, 0.4) is 0 Å². The number of aromatic nitrogens is 1. The number of amides is 1. The molecule has 3 rings (SSSR count). The number of benzene rings is 1. The fourth-order valence-electron chi connectivity index (χ4n) is 2.89. The molecule has 0 radical (unpaired) electrons. The molecular weight excluding hydrogens is 306 g/mol. The largest absolute Gasteiger partial charge is 0.497 e. The molecule has 0 saturated carbocycles. The molecule has 1 N–H and O–H groups in total. The van der Waals surface area contributed by atoms with E-state index >= 15 is 0 Å². The first-order valence-electron chi connectivity index (χ1n) is 7.97. The van der Waals surface area contributed by atoms with E-state index in [4.69, 9.17) is 9.47 Å². The van der Waals surface area contributed by atoms with Gasteiger partial charge in [-0.25, -0.2) is 0 Å². The summed E-state index contributed by atoms with van der Waals surface area (Å²) in [5.74, 6) is 1.62. The van der Waals surface area contributed by atoms with Crippen molar-refractivity contribution in [3.05, 3.63) is 41.7 Å². The first-order chi connectivity index (χ1) is 11.5. The van der Waals surface area contributed by atoms with Crippen molar-refractivity contribution in [2.75, 3.05) is 32.6 Å². The van der Waals surface area contributed by atoms with Crippen molar-refractivity contribution in [1.82, 2.24) is 9.88 Å². The number of nitrogens with one attached hydrogen (secondary N) is 1. The first kappa shape index (κ1) is 16.2. The zero-order valence-electron chi connectivity index (χ0n) is 14.5. The number of aromatic amines is 1. The molecule has 0 saturated heterocycles. The highest BCUT2D eigenvalue weighted by molar-refractivity contribution is 5.92. The third-order valence-electron chi connectivity index (χ3n) is 4.06. The molecule has 1 aliphatic rings. The minimum atomic E-state index is -0.0290. The molecule has 2 aromatic rings. The fraction of sp³-hybridized carbons (Fsp3) is 0.389. The molecule has 0 fully saturated rings. The molecule has 0 unspecified atom stereocenters. The van der Waals surface area contributed by atoms with E-state index in [1.807, 2.05) is 30.3 Å². The Morgan fingerprint density at radius 3 is 2.88 bits per heavy atom. The number of nitrogens with zero attached hydrogens (tertiary/aromatic N) is 2. The minimum absolute atomic E-state index is 0.0290. The normalized spacial score (nSPS) is 16.3. The van der Waals surface area contributed by atoms with Crippen LogP contribution in [0.4, 0.5) is 5.69 Å². The smallest absolute Gasteiger partial charge is 0.269 e. The molecule has 1 atom stereocenters. The zero-order valence-corrected chi connectivity index (χ0v) is 14.5. The summed E-state index contributed by atoms with van der Waals surface area (Å²) in [7, 11) is 5.15. The Morgan fingerprint density at radius 1 is 1.38 bits per heavy atom. The van der Waals surface area contributed by atoms with Crippen molar-refractivity contribution in [2.24, 2.45) is 0 Å². The third kappa shape index (κ3) is 3.18. The summed E-state index contributed by atoms with van der Waals surface area (Å²) in [5.41, 5.74) is 2.59. The Morgan fingerprint density at radius 2 is 2.17 bits per heavy atom. The highest BCUT2D eigenvalue weighted by atomic mass is 16.5. The Kier molecular flexibility index (Phi) is 4.38. The number of H-pyrrole nitrogens is 1. The monoisotopic (exact) mass is 329 g/mol. The van der Waals surface area contributed by atoms with Crippen LogP contribution < -0.4 is 14.4 Å². The maximum Gasteiger partial charge on any atom is 0.269 e. The third-order valence-corrected chi connectivity index (χ3v) is 4.06. The number of methoxy groups -OCH3 is 1. The first-order valence-corrected chi connectivity index (χ1v) is 7.97. The predicted molar refractivity (Wildman–Crippen MR) is 92.9 cm³/mol. The summed E-state index contributed by atoms with van der Waals surface area (Å²) >= 11 is 0. The molecule has 1 amide bonds. The van der Waals surface area contributed by atoms with Gasteiger partial charge in [-0.3, -0.25) is 4.79 Å².